The molecule has 0 spiro atoms. The molecule has 3 N–H and O–H groups in total. The average Bonchev–Trinajstić information content (AvgIpc) is 3.28. The number of hydrogen-bond acceptors (Lipinski definition) is 2. The van der Waals surface area contributed by atoms with Crippen molar-refractivity contribution in [2.45, 2.75) is 38.0 Å². The SMILES string of the molecule is CCCC(c1ccc(C(=O)NCCC(=O)O)cc1)C(c1ccc(Cl)cc1)c1c[nH]c2c(F)cc(F)cc12. The number of nitrogens with one attached hydrogen (secondary N) is 2. The van der Waals surface area contributed by atoms with Crippen LogP contribution in [0.25, 0.3) is 10.9 Å². The van der Waals surface area contributed by atoms with Gasteiger partial charge in [-0.2, -0.15) is 0 Å². The van der Waals surface area contributed by atoms with Gasteiger partial charge in [0.25, 0.3) is 5.91 Å². The molecule has 1 heterocycles. The number of aromatic amines is 1. The molecule has 0 fully saturated rings. The van der Waals surface area contributed by atoms with Crippen LogP contribution in [-0.2, 0) is 4.79 Å². The zero-order valence-corrected chi connectivity index (χ0v) is 21.0. The van der Waals surface area contributed by atoms with Gasteiger partial charge in [0.15, 0.2) is 0 Å². The van der Waals surface area contributed by atoms with E-state index in [1.54, 1.807) is 30.5 Å². The average molecular weight is 525 g/mol. The third kappa shape index (κ3) is 6.00. The lowest BCUT2D eigenvalue weighted by Gasteiger charge is -2.28. The van der Waals surface area contributed by atoms with Gasteiger partial charge in [0.05, 0.1) is 11.9 Å². The van der Waals surface area contributed by atoms with E-state index in [0.29, 0.717) is 16.0 Å². The van der Waals surface area contributed by atoms with Crippen molar-refractivity contribution >= 4 is 34.4 Å². The minimum absolute atomic E-state index is 0.0424. The summed E-state index contributed by atoms with van der Waals surface area (Å²) in [5.74, 6) is -2.95. The van der Waals surface area contributed by atoms with Gasteiger partial charge in [0, 0.05) is 40.7 Å². The topological polar surface area (TPSA) is 82.2 Å². The van der Waals surface area contributed by atoms with E-state index in [4.69, 9.17) is 16.7 Å². The smallest absolute Gasteiger partial charge is 0.305 e. The summed E-state index contributed by atoms with van der Waals surface area (Å²) in [7, 11) is 0. The first-order chi connectivity index (χ1) is 17.8. The van der Waals surface area contributed by atoms with Crippen molar-refractivity contribution in [1.29, 1.82) is 0 Å². The van der Waals surface area contributed by atoms with Crippen molar-refractivity contribution in [2.75, 3.05) is 6.54 Å². The second kappa shape index (κ2) is 11.6. The first-order valence-electron chi connectivity index (χ1n) is 12.1. The molecule has 0 aliphatic rings. The molecule has 2 unspecified atom stereocenters. The van der Waals surface area contributed by atoms with Crippen molar-refractivity contribution in [3.63, 3.8) is 0 Å². The van der Waals surface area contributed by atoms with E-state index >= 15 is 0 Å². The lowest BCUT2D eigenvalue weighted by Crippen LogP contribution is -2.26. The molecule has 5 nitrogen and oxygen atoms in total. The Morgan fingerprint density at radius 1 is 1.03 bits per heavy atom. The molecule has 37 heavy (non-hydrogen) atoms. The van der Waals surface area contributed by atoms with Gasteiger partial charge in [-0.15, -0.1) is 0 Å². The third-order valence-electron chi connectivity index (χ3n) is 6.53. The van der Waals surface area contributed by atoms with Gasteiger partial charge in [-0.3, -0.25) is 9.59 Å². The number of aromatic nitrogens is 1. The molecule has 1 amide bonds. The van der Waals surface area contributed by atoms with Crippen molar-refractivity contribution in [2.24, 2.45) is 0 Å². The monoisotopic (exact) mass is 524 g/mol. The van der Waals surface area contributed by atoms with Gasteiger partial charge in [-0.25, -0.2) is 8.78 Å². The highest BCUT2D eigenvalue weighted by Crippen LogP contribution is 2.44. The van der Waals surface area contributed by atoms with E-state index in [2.05, 4.69) is 17.2 Å². The van der Waals surface area contributed by atoms with Gasteiger partial charge < -0.3 is 15.4 Å². The molecule has 1 aromatic heterocycles. The molecule has 0 bridgehead atoms. The lowest BCUT2D eigenvalue weighted by molar-refractivity contribution is -0.136. The number of benzene rings is 3. The van der Waals surface area contributed by atoms with Gasteiger partial charge in [-0.05, 0) is 59.4 Å². The normalized spacial score (nSPS) is 12.9. The number of aliphatic carboxylic acids is 1. The number of carboxylic acid groups (broad SMARTS) is 1. The van der Waals surface area contributed by atoms with Crippen LogP contribution in [0, 0.1) is 11.6 Å². The maximum Gasteiger partial charge on any atom is 0.305 e. The quantitative estimate of drug-likeness (QED) is 0.208. The highest BCUT2D eigenvalue weighted by Gasteiger charge is 2.29. The zero-order valence-electron chi connectivity index (χ0n) is 20.2. The van der Waals surface area contributed by atoms with E-state index in [1.807, 2.05) is 24.3 Å². The van der Waals surface area contributed by atoms with E-state index < -0.39 is 17.6 Å². The second-order valence-corrected chi connectivity index (χ2v) is 9.44. The summed E-state index contributed by atoms with van der Waals surface area (Å²) in [6.45, 7) is 2.12. The fourth-order valence-corrected chi connectivity index (χ4v) is 4.96. The molecular weight excluding hydrogens is 498 g/mol. The van der Waals surface area contributed by atoms with Crippen LogP contribution < -0.4 is 5.32 Å². The number of carboxylic acids is 1. The van der Waals surface area contributed by atoms with Gasteiger partial charge >= 0.3 is 5.97 Å². The largest absolute Gasteiger partial charge is 0.481 e. The fraction of sp³-hybridized carbons (Fsp3) is 0.241. The molecule has 192 valence electrons. The zero-order chi connectivity index (χ0) is 26.5. The number of H-pyrrole nitrogens is 1. The summed E-state index contributed by atoms with van der Waals surface area (Å²) in [4.78, 5) is 26.1. The Balaban J connectivity index is 1.76. The predicted octanol–water partition coefficient (Wildman–Crippen LogP) is 7.02. The molecule has 0 saturated heterocycles. The van der Waals surface area contributed by atoms with E-state index in [1.165, 1.54) is 6.07 Å². The standard InChI is InChI=1S/C29H27ClF2N2O3/c1-2-3-22(17-4-6-19(7-5-17)29(37)33-13-12-26(35)36)27(18-8-10-20(30)11-9-18)24-16-34-28-23(24)14-21(31)15-25(28)32/h4-11,14-16,22,27,34H,2-3,12-13H2,1H3,(H,33,37)(H,35,36). The predicted molar refractivity (Wildman–Crippen MR) is 140 cm³/mol. The van der Waals surface area contributed by atoms with E-state index in [-0.39, 0.29) is 36.2 Å². The van der Waals surface area contributed by atoms with Crippen LogP contribution in [0.5, 0.6) is 0 Å². The summed E-state index contributed by atoms with van der Waals surface area (Å²) < 4.78 is 28.8. The Labute approximate surface area is 218 Å². The maximum atomic E-state index is 14.5. The molecule has 8 heteroatoms. The summed E-state index contributed by atoms with van der Waals surface area (Å²) in [6, 6.07) is 16.8. The van der Waals surface area contributed by atoms with Crippen LogP contribution in [0.2, 0.25) is 5.02 Å². The van der Waals surface area contributed by atoms with Gasteiger partial charge in [0.1, 0.15) is 11.6 Å². The van der Waals surface area contributed by atoms with E-state index in [0.717, 1.165) is 35.6 Å². The summed E-state index contributed by atoms with van der Waals surface area (Å²) in [6.07, 6.45) is 3.22. The second-order valence-electron chi connectivity index (χ2n) is 9.00. The van der Waals surface area contributed by atoms with Crippen molar-refractivity contribution in [3.8, 4) is 0 Å². The van der Waals surface area contributed by atoms with Crippen LogP contribution in [0.15, 0.2) is 66.9 Å². The minimum atomic E-state index is -0.983. The highest BCUT2D eigenvalue weighted by molar-refractivity contribution is 6.30. The van der Waals surface area contributed by atoms with E-state index in [9.17, 15) is 18.4 Å². The molecule has 2 atom stereocenters. The molecule has 3 aromatic carbocycles. The number of amides is 1. The summed E-state index contributed by atoms with van der Waals surface area (Å²) >= 11 is 6.16. The van der Waals surface area contributed by atoms with Gasteiger partial charge in [-0.1, -0.05) is 49.2 Å². The molecule has 0 saturated carbocycles. The number of halogens is 3. The van der Waals surface area contributed by atoms with Crippen molar-refractivity contribution < 1.29 is 23.5 Å². The number of carbonyl (C=O) groups excluding carboxylic acids is 1. The number of carbonyl (C=O) groups is 2. The Kier molecular flexibility index (Phi) is 8.24. The van der Waals surface area contributed by atoms with Crippen LogP contribution in [0.4, 0.5) is 8.78 Å². The summed E-state index contributed by atoms with van der Waals surface area (Å²) in [5, 5.41) is 12.4. The minimum Gasteiger partial charge on any atom is -0.481 e. The number of rotatable bonds is 10. The molecular formula is C29H27ClF2N2O3. The van der Waals surface area contributed by atoms with Crippen LogP contribution in [0.1, 0.15) is 65.1 Å². The maximum absolute atomic E-state index is 14.5. The van der Waals surface area contributed by atoms with Crippen LogP contribution >= 0.6 is 11.6 Å². The Morgan fingerprint density at radius 2 is 1.70 bits per heavy atom. The number of fused-ring (bicyclic) bond motifs is 1. The molecule has 0 aliphatic heterocycles. The Morgan fingerprint density at radius 3 is 2.35 bits per heavy atom. The molecule has 0 radical (unpaired) electrons. The van der Waals surface area contributed by atoms with Gasteiger partial charge in [0.2, 0.25) is 0 Å². The first kappa shape index (κ1) is 26.4. The third-order valence-corrected chi connectivity index (χ3v) is 6.78. The Hall–Kier alpha value is -3.71. The van der Waals surface area contributed by atoms with Crippen LogP contribution in [0.3, 0.4) is 0 Å². The van der Waals surface area contributed by atoms with Crippen LogP contribution in [-0.4, -0.2) is 28.5 Å². The highest BCUT2D eigenvalue weighted by atomic mass is 35.5. The fourth-order valence-electron chi connectivity index (χ4n) is 4.84. The number of hydrogen-bond donors (Lipinski definition) is 3. The first-order valence-corrected chi connectivity index (χ1v) is 12.5. The molecule has 4 aromatic rings. The molecule has 0 aliphatic carbocycles. The molecule has 4 rings (SSSR count). The van der Waals surface area contributed by atoms with Crippen molar-refractivity contribution in [1.82, 2.24) is 10.3 Å². The lowest BCUT2D eigenvalue weighted by atomic mass is 9.75. The summed E-state index contributed by atoms with van der Waals surface area (Å²) in [5.41, 5.74) is 3.35. The van der Waals surface area contributed by atoms with Crippen molar-refractivity contribution in [3.05, 3.63) is 106 Å². The Bertz CT molecular complexity index is 1400.